The van der Waals surface area contributed by atoms with E-state index in [2.05, 4.69) is 44.3 Å². The SMILES string of the molecule is Cc1ccc(-c2nc(CCNC3CC3)sc2C)c(C)c1. The normalized spacial score (nSPS) is 14.8. The van der Waals surface area contributed by atoms with Crippen LogP contribution >= 0.6 is 11.3 Å². The maximum atomic E-state index is 4.87. The number of aryl methyl sites for hydroxylation is 3. The first-order chi connectivity index (χ1) is 9.63. The van der Waals surface area contributed by atoms with Crippen molar-refractivity contribution in [1.82, 2.24) is 10.3 Å². The van der Waals surface area contributed by atoms with Crippen molar-refractivity contribution in [1.29, 1.82) is 0 Å². The topological polar surface area (TPSA) is 24.9 Å². The second kappa shape index (κ2) is 5.66. The van der Waals surface area contributed by atoms with E-state index < -0.39 is 0 Å². The summed E-state index contributed by atoms with van der Waals surface area (Å²) in [6.07, 6.45) is 3.75. The quantitative estimate of drug-likeness (QED) is 0.897. The first-order valence-corrected chi connectivity index (χ1v) is 8.22. The zero-order valence-electron chi connectivity index (χ0n) is 12.5. The van der Waals surface area contributed by atoms with Crippen LogP contribution in [0.3, 0.4) is 0 Å². The molecule has 20 heavy (non-hydrogen) atoms. The third kappa shape index (κ3) is 3.10. The van der Waals surface area contributed by atoms with Crippen LogP contribution in [0.4, 0.5) is 0 Å². The average molecular weight is 286 g/mol. The third-order valence-corrected chi connectivity index (χ3v) is 4.86. The molecule has 2 nitrogen and oxygen atoms in total. The number of thiazole rings is 1. The Hall–Kier alpha value is -1.19. The van der Waals surface area contributed by atoms with Gasteiger partial charge in [-0.2, -0.15) is 0 Å². The Labute approximate surface area is 125 Å². The maximum Gasteiger partial charge on any atom is 0.0948 e. The van der Waals surface area contributed by atoms with Crippen LogP contribution < -0.4 is 5.32 Å². The predicted octanol–water partition coefficient (Wildman–Crippen LogP) is 4.03. The van der Waals surface area contributed by atoms with Crippen molar-refractivity contribution >= 4 is 11.3 Å². The molecule has 0 amide bonds. The van der Waals surface area contributed by atoms with E-state index >= 15 is 0 Å². The van der Waals surface area contributed by atoms with Gasteiger partial charge < -0.3 is 5.32 Å². The number of rotatable bonds is 5. The molecule has 1 aromatic heterocycles. The lowest BCUT2D eigenvalue weighted by atomic mass is 10.0. The van der Waals surface area contributed by atoms with Gasteiger partial charge in [-0.3, -0.25) is 0 Å². The van der Waals surface area contributed by atoms with Crippen LogP contribution in [0.5, 0.6) is 0 Å². The molecule has 0 unspecified atom stereocenters. The van der Waals surface area contributed by atoms with E-state index in [4.69, 9.17) is 4.98 Å². The Kier molecular flexibility index (Phi) is 3.90. The van der Waals surface area contributed by atoms with Gasteiger partial charge in [0.05, 0.1) is 10.7 Å². The summed E-state index contributed by atoms with van der Waals surface area (Å²) in [5, 5.41) is 4.81. The van der Waals surface area contributed by atoms with Gasteiger partial charge in [0.15, 0.2) is 0 Å². The fraction of sp³-hybridized carbons (Fsp3) is 0.471. The first-order valence-electron chi connectivity index (χ1n) is 7.41. The molecular formula is C17H22N2S. The lowest BCUT2D eigenvalue weighted by molar-refractivity contribution is 0.680. The zero-order chi connectivity index (χ0) is 14.1. The number of aromatic nitrogens is 1. The predicted molar refractivity (Wildman–Crippen MR) is 86.5 cm³/mol. The van der Waals surface area contributed by atoms with E-state index in [0.717, 1.165) is 19.0 Å². The van der Waals surface area contributed by atoms with E-state index in [-0.39, 0.29) is 0 Å². The fourth-order valence-corrected chi connectivity index (χ4v) is 3.50. The van der Waals surface area contributed by atoms with Gasteiger partial charge in [-0.25, -0.2) is 4.98 Å². The molecule has 3 heteroatoms. The summed E-state index contributed by atoms with van der Waals surface area (Å²) < 4.78 is 0. The Morgan fingerprint density at radius 3 is 2.75 bits per heavy atom. The third-order valence-electron chi connectivity index (χ3n) is 3.83. The van der Waals surface area contributed by atoms with Crippen molar-refractivity contribution < 1.29 is 0 Å². The van der Waals surface area contributed by atoms with Crippen LogP contribution in [0.25, 0.3) is 11.3 Å². The number of benzene rings is 1. The molecule has 1 aliphatic rings. The van der Waals surface area contributed by atoms with Crippen LogP contribution in [-0.2, 0) is 6.42 Å². The van der Waals surface area contributed by atoms with Crippen LogP contribution in [0.1, 0.15) is 33.9 Å². The maximum absolute atomic E-state index is 4.87. The monoisotopic (exact) mass is 286 g/mol. The van der Waals surface area contributed by atoms with Gasteiger partial charge in [-0.15, -0.1) is 11.3 Å². The molecule has 2 aromatic rings. The van der Waals surface area contributed by atoms with Gasteiger partial charge in [0.25, 0.3) is 0 Å². The first kappa shape index (κ1) is 13.8. The molecule has 0 atom stereocenters. The van der Waals surface area contributed by atoms with Crippen molar-refractivity contribution in [3.8, 4) is 11.3 Å². The summed E-state index contributed by atoms with van der Waals surface area (Å²) >= 11 is 1.84. The lowest BCUT2D eigenvalue weighted by Gasteiger charge is -2.05. The highest BCUT2D eigenvalue weighted by atomic mass is 32.1. The summed E-state index contributed by atoms with van der Waals surface area (Å²) in [5.74, 6) is 0. The largest absolute Gasteiger partial charge is 0.314 e. The number of nitrogens with one attached hydrogen (secondary N) is 1. The average Bonchev–Trinajstić information content (AvgIpc) is 3.14. The van der Waals surface area contributed by atoms with Crippen molar-refractivity contribution in [2.45, 2.75) is 46.1 Å². The molecule has 0 spiro atoms. The van der Waals surface area contributed by atoms with Crippen molar-refractivity contribution in [2.75, 3.05) is 6.54 Å². The highest BCUT2D eigenvalue weighted by Gasteiger charge is 2.20. The Morgan fingerprint density at radius 2 is 2.05 bits per heavy atom. The highest BCUT2D eigenvalue weighted by molar-refractivity contribution is 7.12. The van der Waals surface area contributed by atoms with Gasteiger partial charge >= 0.3 is 0 Å². The molecule has 3 rings (SSSR count). The summed E-state index contributed by atoms with van der Waals surface area (Å²) in [6, 6.07) is 7.41. The molecule has 1 aromatic carbocycles. The molecule has 1 heterocycles. The lowest BCUT2D eigenvalue weighted by Crippen LogP contribution is -2.19. The van der Waals surface area contributed by atoms with Crippen LogP contribution in [-0.4, -0.2) is 17.6 Å². The molecule has 1 saturated carbocycles. The van der Waals surface area contributed by atoms with Crippen molar-refractivity contribution in [3.63, 3.8) is 0 Å². The van der Waals surface area contributed by atoms with E-state index in [0.29, 0.717) is 0 Å². The standard InChI is InChI=1S/C17H22N2S/c1-11-4-7-15(12(2)10-11)17-13(3)20-16(19-17)8-9-18-14-5-6-14/h4,7,10,14,18H,5-6,8-9H2,1-3H3. The molecule has 0 aliphatic heterocycles. The molecule has 0 radical (unpaired) electrons. The van der Waals surface area contributed by atoms with E-state index in [1.165, 1.54) is 45.1 Å². The van der Waals surface area contributed by atoms with Gasteiger partial charge in [0, 0.05) is 29.4 Å². The molecule has 0 saturated heterocycles. The molecule has 1 N–H and O–H groups in total. The Bertz CT molecular complexity index is 611. The van der Waals surface area contributed by atoms with E-state index in [9.17, 15) is 0 Å². The van der Waals surface area contributed by atoms with Crippen LogP contribution in [0.15, 0.2) is 18.2 Å². The zero-order valence-corrected chi connectivity index (χ0v) is 13.3. The highest BCUT2D eigenvalue weighted by Crippen LogP contribution is 2.30. The fourth-order valence-electron chi connectivity index (χ4n) is 2.56. The summed E-state index contributed by atoms with van der Waals surface area (Å²) in [5.41, 5.74) is 5.09. The molecule has 106 valence electrons. The number of nitrogens with zero attached hydrogens (tertiary/aromatic N) is 1. The van der Waals surface area contributed by atoms with Crippen LogP contribution in [0, 0.1) is 20.8 Å². The van der Waals surface area contributed by atoms with Crippen LogP contribution in [0.2, 0.25) is 0 Å². The molecule has 1 fully saturated rings. The second-order valence-electron chi connectivity index (χ2n) is 5.81. The minimum atomic E-state index is 0.787. The van der Waals surface area contributed by atoms with Gasteiger partial charge in [-0.1, -0.05) is 23.8 Å². The van der Waals surface area contributed by atoms with Crippen molar-refractivity contribution in [3.05, 3.63) is 39.2 Å². The molecule has 1 aliphatic carbocycles. The van der Waals surface area contributed by atoms with E-state index in [1.807, 2.05) is 11.3 Å². The number of hydrogen-bond acceptors (Lipinski definition) is 3. The second-order valence-corrected chi connectivity index (χ2v) is 7.10. The number of hydrogen-bond donors (Lipinski definition) is 1. The Balaban J connectivity index is 1.76. The molecule has 0 bridgehead atoms. The minimum Gasteiger partial charge on any atom is -0.314 e. The van der Waals surface area contributed by atoms with Crippen molar-refractivity contribution in [2.24, 2.45) is 0 Å². The van der Waals surface area contributed by atoms with Gasteiger partial charge in [0.1, 0.15) is 0 Å². The smallest absolute Gasteiger partial charge is 0.0948 e. The van der Waals surface area contributed by atoms with E-state index in [1.54, 1.807) is 0 Å². The summed E-state index contributed by atoms with van der Waals surface area (Å²) in [7, 11) is 0. The summed E-state index contributed by atoms with van der Waals surface area (Å²) in [6.45, 7) is 7.56. The summed E-state index contributed by atoms with van der Waals surface area (Å²) in [4.78, 5) is 6.20. The molecular weight excluding hydrogens is 264 g/mol. The van der Waals surface area contributed by atoms with Gasteiger partial charge in [-0.05, 0) is 39.2 Å². The minimum absolute atomic E-state index is 0.787. The Morgan fingerprint density at radius 1 is 1.25 bits per heavy atom. The van der Waals surface area contributed by atoms with Gasteiger partial charge in [0.2, 0.25) is 0 Å².